The topological polar surface area (TPSA) is 29.9 Å². The molecule has 1 aliphatic carbocycles. The molecule has 2 aromatic rings. The Morgan fingerprint density at radius 1 is 1.20 bits per heavy atom. The minimum atomic E-state index is 0.504. The van der Waals surface area contributed by atoms with Gasteiger partial charge in [0.1, 0.15) is 0 Å². The Balaban J connectivity index is 1.91. The van der Waals surface area contributed by atoms with Gasteiger partial charge in [0.15, 0.2) is 0 Å². The van der Waals surface area contributed by atoms with Crippen LogP contribution >= 0.6 is 0 Å². The molecule has 1 heterocycles. The summed E-state index contributed by atoms with van der Waals surface area (Å²) < 4.78 is 2.27. The van der Waals surface area contributed by atoms with Gasteiger partial charge in [0, 0.05) is 11.4 Å². The van der Waals surface area contributed by atoms with Crippen LogP contribution in [0.25, 0.3) is 10.9 Å². The number of fused-ring (bicyclic) bond motifs is 1. The quantitative estimate of drug-likeness (QED) is 0.854. The molecule has 0 bridgehead atoms. The second kappa shape index (κ2) is 6.40. The Kier molecular flexibility index (Phi) is 4.36. The van der Waals surface area contributed by atoms with Gasteiger partial charge in [-0.25, -0.2) is 0 Å². The average Bonchev–Trinajstić information content (AvgIpc) is 2.77. The van der Waals surface area contributed by atoms with E-state index in [1.807, 2.05) is 6.20 Å². The predicted octanol–water partition coefficient (Wildman–Crippen LogP) is 3.91. The van der Waals surface area contributed by atoms with Crippen molar-refractivity contribution in [3.8, 4) is 0 Å². The van der Waals surface area contributed by atoms with E-state index < -0.39 is 0 Å². The highest BCUT2D eigenvalue weighted by atomic mass is 15.3. The van der Waals surface area contributed by atoms with E-state index in [1.54, 1.807) is 0 Å². The van der Waals surface area contributed by atoms with Crippen LogP contribution in [0.4, 0.5) is 0 Å². The molecule has 0 spiro atoms. The summed E-state index contributed by atoms with van der Waals surface area (Å²) in [5.41, 5.74) is 1.28. The van der Waals surface area contributed by atoms with E-state index in [4.69, 9.17) is 5.10 Å². The molecule has 3 nitrogen and oxygen atoms in total. The molecule has 0 radical (unpaired) electrons. The van der Waals surface area contributed by atoms with Crippen LogP contribution in [0.15, 0.2) is 30.5 Å². The fourth-order valence-electron chi connectivity index (χ4n) is 3.40. The second-order valence-corrected chi connectivity index (χ2v) is 5.91. The van der Waals surface area contributed by atoms with E-state index in [2.05, 4.69) is 41.2 Å². The van der Waals surface area contributed by atoms with Crippen molar-refractivity contribution in [1.82, 2.24) is 15.1 Å². The maximum Gasteiger partial charge on any atom is 0.0686 e. The molecular formula is C17H25N3. The third kappa shape index (κ3) is 2.73. The minimum Gasteiger partial charge on any atom is -0.312 e. The zero-order valence-corrected chi connectivity index (χ0v) is 12.4. The molecular weight excluding hydrogens is 246 g/mol. The van der Waals surface area contributed by atoms with Gasteiger partial charge in [0.2, 0.25) is 0 Å². The first-order valence-electron chi connectivity index (χ1n) is 8.06. The lowest BCUT2D eigenvalue weighted by Crippen LogP contribution is -2.37. The van der Waals surface area contributed by atoms with Gasteiger partial charge in [-0.1, -0.05) is 44.4 Å². The van der Waals surface area contributed by atoms with Crippen LogP contribution in [-0.4, -0.2) is 22.4 Å². The van der Waals surface area contributed by atoms with Crippen molar-refractivity contribution < 1.29 is 0 Å². The summed E-state index contributed by atoms with van der Waals surface area (Å²) in [7, 11) is 0. The van der Waals surface area contributed by atoms with Crippen LogP contribution in [0.5, 0.6) is 0 Å². The third-order valence-electron chi connectivity index (χ3n) is 4.45. The van der Waals surface area contributed by atoms with Crippen LogP contribution in [0.3, 0.4) is 0 Å². The van der Waals surface area contributed by atoms with Crippen molar-refractivity contribution in [2.45, 2.75) is 57.5 Å². The largest absolute Gasteiger partial charge is 0.312 e. The molecule has 1 aromatic carbocycles. The summed E-state index contributed by atoms with van der Waals surface area (Å²) in [4.78, 5) is 0. The number of nitrogens with one attached hydrogen (secondary N) is 1. The molecule has 3 heteroatoms. The normalized spacial score (nSPS) is 23.9. The van der Waals surface area contributed by atoms with Crippen molar-refractivity contribution in [2.75, 3.05) is 6.54 Å². The lowest BCUT2D eigenvalue weighted by molar-refractivity contribution is 0.316. The first kappa shape index (κ1) is 13.6. The highest BCUT2D eigenvalue weighted by molar-refractivity contribution is 5.78. The summed E-state index contributed by atoms with van der Waals surface area (Å²) >= 11 is 0. The number of para-hydroxylation sites is 1. The second-order valence-electron chi connectivity index (χ2n) is 5.91. The predicted molar refractivity (Wildman–Crippen MR) is 83.9 cm³/mol. The minimum absolute atomic E-state index is 0.504. The Labute approximate surface area is 121 Å². The van der Waals surface area contributed by atoms with E-state index in [0.717, 1.165) is 6.54 Å². The van der Waals surface area contributed by atoms with E-state index in [9.17, 15) is 0 Å². The summed E-state index contributed by atoms with van der Waals surface area (Å²) in [5, 5.41) is 9.70. The number of nitrogens with zero attached hydrogens (tertiary/aromatic N) is 2. The van der Waals surface area contributed by atoms with Gasteiger partial charge in [-0.2, -0.15) is 5.10 Å². The smallest absolute Gasteiger partial charge is 0.0686 e. The maximum absolute atomic E-state index is 4.70. The van der Waals surface area contributed by atoms with Crippen LogP contribution in [-0.2, 0) is 0 Å². The number of hydrogen-bond acceptors (Lipinski definition) is 2. The van der Waals surface area contributed by atoms with Crippen molar-refractivity contribution in [2.24, 2.45) is 0 Å². The van der Waals surface area contributed by atoms with E-state index in [0.29, 0.717) is 12.1 Å². The van der Waals surface area contributed by atoms with Gasteiger partial charge >= 0.3 is 0 Å². The van der Waals surface area contributed by atoms with Gasteiger partial charge < -0.3 is 5.32 Å². The molecule has 2 unspecified atom stereocenters. The van der Waals surface area contributed by atoms with Crippen molar-refractivity contribution >= 4 is 10.9 Å². The first-order chi connectivity index (χ1) is 9.90. The lowest BCUT2D eigenvalue weighted by Gasteiger charge is -2.27. The van der Waals surface area contributed by atoms with Crippen molar-refractivity contribution in [3.63, 3.8) is 0 Å². The number of benzene rings is 1. The van der Waals surface area contributed by atoms with E-state index >= 15 is 0 Å². The summed E-state index contributed by atoms with van der Waals surface area (Å²) in [6.45, 7) is 3.35. The van der Waals surface area contributed by atoms with Crippen molar-refractivity contribution in [3.05, 3.63) is 30.5 Å². The summed E-state index contributed by atoms with van der Waals surface area (Å²) in [5.74, 6) is 0. The van der Waals surface area contributed by atoms with Crippen LogP contribution in [0.1, 0.15) is 51.5 Å². The molecule has 3 rings (SSSR count). The Hall–Kier alpha value is -1.35. The molecule has 1 N–H and O–H groups in total. The van der Waals surface area contributed by atoms with E-state index in [1.165, 1.54) is 49.4 Å². The molecule has 20 heavy (non-hydrogen) atoms. The van der Waals surface area contributed by atoms with Crippen LogP contribution in [0.2, 0.25) is 0 Å². The van der Waals surface area contributed by atoms with Crippen LogP contribution < -0.4 is 5.32 Å². The Bertz CT molecular complexity index is 546. The molecule has 2 atom stereocenters. The molecule has 0 aliphatic heterocycles. The first-order valence-corrected chi connectivity index (χ1v) is 8.06. The van der Waals surface area contributed by atoms with Crippen molar-refractivity contribution in [1.29, 1.82) is 0 Å². The molecule has 1 aromatic heterocycles. The zero-order chi connectivity index (χ0) is 13.8. The zero-order valence-electron chi connectivity index (χ0n) is 12.4. The Morgan fingerprint density at radius 3 is 2.95 bits per heavy atom. The van der Waals surface area contributed by atoms with Gasteiger partial charge in [-0.3, -0.25) is 4.68 Å². The molecule has 0 amide bonds. The van der Waals surface area contributed by atoms with Gasteiger partial charge in [0.25, 0.3) is 0 Å². The molecule has 1 fully saturated rings. The SMILES string of the molecule is CCCNC1CCCCCC1n1ncc2ccccc21. The molecule has 108 valence electrons. The third-order valence-corrected chi connectivity index (χ3v) is 4.45. The van der Waals surface area contributed by atoms with Crippen LogP contribution in [0, 0.1) is 0 Å². The van der Waals surface area contributed by atoms with Gasteiger partial charge in [-0.05, 0) is 31.9 Å². The maximum atomic E-state index is 4.70. The number of aromatic nitrogens is 2. The molecule has 1 saturated carbocycles. The van der Waals surface area contributed by atoms with E-state index in [-0.39, 0.29) is 0 Å². The summed E-state index contributed by atoms with van der Waals surface area (Å²) in [6, 6.07) is 9.64. The standard InChI is InChI=1S/C17H25N3/c1-2-12-18-15-9-4-3-5-11-17(15)20-16-10-7-6-8-14(16)13-19-20/h6-8,10,13,15,17-18H,2-5,9,11-12H2,1H3. The summed E-state index contributed by atoms with van der Waals surface area (Å²) in [6.07, 6.45) is 9.76. The highest BCUT2D eigenvalue weighted by Crippen LogP contribution is 2.30. The van der Waals surface area contributed by atoms with Gasteiger partial charge in [-0.15, -0.1) is 0 Å². The lowest BCUT2D eigenvalue weighted by atomic mass is 10.0. The molecule has 0 saturated heterocycles. The number of rotatable bonds is 4. The fraction of sp³-hybridized carbons (Fsp3) is 0.588. The average molecular weight is 271 g/mol. The van der Waals surface area contributed by atoms with Gasteiger partial charge in [0.05, 0.1) is 17.8 Å². The highest BCUT2D eigenvalue weighted by Gasteiger charge is 2.26. The number of hydrogen-bond donors (Lipinski definition) is 1. The molecule has 1 aliphatic rings. The monoisotopic (exact) mass is 271 g/mol. The Morgan fingerprint density at radius 2 is 2.05 bits per heavy atom. The fourth-order valence-corrected chi connectivity index (χ4v) is 3.40.